The third-order valence-corrected chi connectivity index (χ3v) is 5.64. The van der Waals surface area contributed by atoms with E-state index < -0.39 is 0 Å². The van der Waals surface area contributed by atoms with Crippen LogP contribution in [-0.2, 0) is 15.3 Å². The smallest absolute Gasteiger partial charge is 0.236 e. The first-order valence-electron chi connectivity index (χ1n) is 8.76. The summed E-state index contributed by atoms with van der Waals surface area (Å²) in [5.41, 5.74) is 4.91. The molecule has 7 heteroatoms. The lowest BCUT2D eigenvalue weighted by Crippen LogP contribution is -2.13. The van der Waals surface area contributed by atoms with Crippen LogP contribution in [0.2, 0.25) is 0 Å². The first kappa shape index (κ1) is 20.1. The number of benzene rings is 2. The van der Waals surface area contributed by atoms with Crippen molar-refractivity contribution in [3.63, 3.8) is 0 Å². The van der Waals surface area contributed by atoms with Crippen molar-refractivity contribution in [3.8, 4) is 11.3 Å². The molecule has 0 aliphatic carbocycles. The Bertz CT molecular complexity index is 951. The van der Waals surface area contributed by atoms with Gasteiger partial charge in [-0.25, -0.2) is 4.98 Å². The summed E-state index contributed by atoms with van der Waals surface area (Å²) in [6.45, 7) is 3.53. The predicted molar refractivity (Wildman–Crippen MR) is 118 cm³/mol. The Labute approximate surface area is 172 Å². The van der Waals surface area contributed by atoms with Crippen molar-refractivity contribution in [1.29, 1.82) is 0 Å². The molecule has 0 saturated heterocycles. The van der Waals surface area contributed by atoms with Crippen LogP contribution in [0.4, 0.5) is 10.8 Å². The second-order valence-corrected chi connectivity index (χ2v) is 8.17. The van der Waals surface area contributed by atoms with Gasteiger partial charge in [-0.1, -0.05) is 42.0 Å². The highest BCUT2D eigenvalue weighted by atomic mass is 32.2. The number of nitrogens with zero attached hydrogens (tertiary/aromatic N) is 1. The molecule has 0 aliphatic heterocycles. The van der Waals surface area contributed by atoms with Crippen LogP contribution in [0, 0.1) is 6.92 Å². The van der Waals surface area contributed by atoms with E-state index in [-0.39, 0.29) is 11.8 Å². The first-order valence-corrected chi connectivity index (χ1v) is 10.8. The number of carbonyl (C=O) groups excluding carboxylic acids is 2. The van der Waals surface area contributed by atoms with Gasteiger partial charge in [-0.15, -0.1) is 23.1 Å². The van der Waals surface area contributed by atoms with Crippen molar-refractivity contribution in [2.45, 2.75) is 19.6 Å². The van der Waals surface area contributed by atoms with E-state index in [1.807, 2.05) is 29.6 Å². The maximum Gasteiger partial charge on any atom is 0.236 e. The molecule has 3 aromatic rings. The molecule has 1 heterocycles. The van der Waals surface area contributed by atoms with Crippen molar-refractivity contribution < 1.29 is 9.59 Å². The number of carbonyl (C=O) groups is 2. The summed E-state index contributed by atoms with van der Waals surface area (Å²) in [6, 6.07) is 15.8. The fraction of sp³-hybridized carbons (Fsp3) is 0.190. The zero-order valence-corrected chi connectivity index (χ0v) is 17.3. The van der Waals surface area contributed by atoms with Crippen molar-refractivity contribution in [3.05, 3.63) is 65.0 Å². The SMILES string of the molecule is CC(=O)Nc1ccc(-c2csc(NC(=O)CSCc3ccc(C)cc3)n2)cc1. The summed E-state index contributed by atoms with van der Waals surface area (Å²) in [5, 5.41) is 8.08. The number of hydrogen-bond donors (Lipinski definition) is 2. The quantitative estimate of drug-likeness (QED) is 0.577. The molecule has 144 valence electrons. The molecule has 2 amide bonds. The molecule has 0 atom stereocenters. The minimum absolute atomic E-state index is 0.0565. The molecule has 0 bridgehead atoms. The van der Waals surface area contributed by atoms with E-state index >= 15 is 0 Å². The minimum Gasteiger partial charge on any atom is -0.326 e. The van der Waals surface area contributed by atoms with Crippen LogP contribution in [0.25, 0.3) is 11.3 Å². The van der Waals surface area contributed by atoms with Gasteiger partial charge in [0.2, 0.25) is 11.8 Å². The number of thiazole rings is 1. The summed E-state index contributed by atoms with van der Waals surface area (Å²) >= 11 is 2.98. The summed E-state index contributed by atoms with van der Waals surface area (Å²) < 4.78 is 0. The Kier molecular flexibility index (Phi) is 6.84. The number of nitrogens with one attached hydrogen (secondary N) is 2. The number of aromatic nitrogens is 1. The summed E-state index contributed by atoms with van der Waals surface area (Å²) in [7, 11) is 0. The average Bonchev–Trinajstić information content (AvgIpc) is 3.12. The van der Waals surface area contributed by atoms with Gasteiger partial charge >= 0.3 is 0 Å². The Morgan fingerprint density at radius 1 is 1.04 bits per heavy atom. The maximum absolute atomic E-state index is 12.1. The molecule has 0 unspecified atom stereocenters. The number of anilines is 2. The second-order valence-electron chi connectivity index (χ2n) is 6.32. The van der Waals surface area contributed by atoms with Gasteiger partial charge in [0, 0.05) is 29.3 Å². The molecule has 0 spiro atoms. The molecule has 0 radical (unpaired) electrons. The molecule has 1 aromatic heterocycles. The summed E-state index contributed by atoms with van der Waals surface area (Å²) in [4.78, 5) is 27.7. The van der Waals surface area contributed by atoms with Crippen LogP contribution in [0.1, 0.15) is 18.1 Å². The number of aryl methyl sites for hydroxylation is 1. The topological polar surface area (TPSA) is 71.1 Å². The average molecular weight is 412 g/mol. The largest absolute Gasteiger partial charge is 0.326 e. The van der Waals surface area contributed by atoms with Crippen LogP contribution in [-0.4, -0.2) is 22.6 Å². The van der Waals surface area contributed by atoms with E-state index in [0.29, 0.717) is 10.9 Å². The molecular formula is C21H21N3O2S2. The molecular weight excluding hydrogens is 390 g/mol. The fourth-order valence-corrected chi connectivity index (χ4v) is 4.02. The first-order chi connectivity index (χ1) is 13.5. The maximum atomic E-state index is 12.1. The normalized spacial score (nSPS) is 10.5. The van der Waals surface area contributed by atoms with Crippen LogP contribution in [0.5, 0.6) is 0 Å². The molecule has 2 aromatic carbocycles. The van der Waals surface area contributed by atoms with E-state index in [1.165, 1.54) is 29.4 Å². The molecule has 0 aliphatic rings. The lowest BCUT2D eigenvalue weighted by molar-refractivity contribution is -0.114. The van der Waals surface area contributed by atoms with Gasteiger partial charge in [0.05, 0.1) is 11.4 Å². The Hall–Kier alpha value is -2.64. The van der Waals surface area contributed by atoms with Gasteiger partial charge in [-0.05, 0) is 24.6 Å². The van der Waals surface area contributed by atoms with Crippen molar-refractivity contribution in [2.24, 2.45) is 0 Å². The Balaban J connectivity index is 1.50. The highest BCUT2D eigenvalue weighted by molar-refractivity contribution is 7.99. The third-order valence-electron chi connectivity index (χ3n) is 3.87. The highest BCUT2D eigenvalue weighted by Crippen LogP contribution is 2.26. The summed E-state index contributed by atoms with van der Waals surface area (Å²) in [5.74, 6) is 1.02. The van der Waals surface area contributed by atoms with Crippen LogP contribution in [0.15, 0.2) is 53.9 Å². The Morgan fingerprint density at radius 3 is 2.43 bits per heavy atom. The van der Waals surface area contributed by atoms with Crippen LogP contribution in [0.3, 0.4) is 0 Å². The van der Waals surface area contributed by atoms with Gasteiger partial charge in [0.25, 0.3) is 0 Å². The highest BCUT2D eigenvalue weighted by Gasteiger charge is 2.09. The van der Waals surface area contributed by atoms with Crippen LogP contribution < -0.4 is 10.6 Å². The van der Waals surface area contributed by atoms with Crippen LogP contribution >= 0.6 is 23.1 Å². The van der Waals surface area contributed by atoms with E-state index in [9.17, 15) is 9.59 Å². The predicted octanol–water partition coefficient (Wildman–Crippen LogP) is 4.95. The lowest BCUT2D eigenvalue weighted by Gasteiger charge is -2.04. The standard InChI is InChI=1S/C21H21N3O2S2/c1-14-3-5-16(6-4-14)11-27-13-20(26)24-21-23-19(12-28-21)17-7-9-18(10-8-17)22-15(2)25/h3-10,12H,11,13H2,1-2H3,(H,22,25)(H,23,24,26). The molecule has 5 nitrogen and oxygen atoms in total. The third kappa shape index (κ3) is 5.94. The molecule has 0 fully saturated rings. The molecule has 3 rings (SSSR count). The van der Waals surface area contributed by atoms with Gasteiger partial charge in [-0.3, -0.25) is 9.59 Å². The monoisotopic (exact) mass is 411 g/mol. The Morgan fingerprint density at radius 2 is 1.75 bits per heavy atom. The van der Waals surface area contributed by atoms with E-state index in [4.69, 9.17) is 0 Å². The van der Waals surface area contributed by atoms with Gasteiger partial charge in [0.1, 0.15) is 0 Å². The number of hydrogen-bond acceptors (Lipinski definition) is 5. The van der Waals surface area contributed by atoms with Crippen molar-refractivity contribution in [2.75, 3.05) is 16.4 Å². The molecule has 2 N–H and O–H groups in total. The molecule has 0 saturated carbocycles. The van der Waals surface area contributed by atoms with E-state index in [0.717, 1.165) is 22.7 Å². The van der Waals surface area contributed by atoms with E-state index in [2.05, 4.69) is 46.8 Å². The summed E-state index contributed by atoms with van der Waals surface area (Å²) in [6.07, 6.45) is 0. The van der Waals surface area contributed by atoms with Gasteiger partial charge < -0.3 is 10.6 Å². The zero-order valence-electron chi connectivity index (χ0n) is 15.7. The number of rotatable bonds is 7. The number of amides is 2. The molecule has 28 heavy (non-hydrogen) atoms. The zero-order chi connectivity index (χ0) is 19.9. The number of thioether (sulfide) groups is 1. The minimum atomic E-state index is -0.105. The lowest BCUT2D eigenvalue weighted by atomic mass is 10.1. The fourth-order valence-electron chi connectivity index (χ4n) is 2.49. The van der Waals surface area contributed by atoms with E-state index in [1.54, 1.807) is 11.8 Å². The van der Waals surface area contributed by atoms with Crippen molar-refractivity contribution >= 4 is 45.7 Å². The van der Waals surface area contributed by atoms with Gasteiger partial charge in [-0.2, -0.15) is 0 Å². The van der Waals surface area contributed by atoms with Crippen molar-refractivity contribution in [1.82, 2.24) is 4.98 Å². The van der Waals surface area contributed by atoms with Gasteiger partial charge in [0.15, 0.2) is 5.13 Å². The second kappa shape index (κ2) is 9.52.